The summed E-state index contributed by atoms with van der Waals surface area (Å²) in [5, 5.41) is 1.38. The standard InChI is InChI=1S/C27H21O7P/c1-4-25(28)32-19-7-13-22(14-8-19)35(31,23-15-9-20(10-16-23)33-26(29)5-2)24-17-11-21(12-18-24)34-27(30)6-3/h4-18H,1-3H2. The zero-order chi connectivity index (χ0) is 25.4. The Kier molecular flexibility index (Phi) is 7.97. The van der Waals surface area contributed by atoms with E-state index in [9.17, 15) is 18.9 Å². The summed E-state index contributed by atoms with van der Waals surface area (Å²) in [5.74, 6) is -1.04. The summed E-state index contributed by atoms with van der Waals surface area (Å²) in [6.07, 6.45) is 3.13. The van der Waals surface area contributed by atoms with E-state index in [0.29, 0.717) is 15.9 Å². The van der Waals surface area contributed by atoms with Gasteiger partial charge >= 0.3 is 17.9 Å². The fraction of sp³-hybridized carbons (Fsp3) is 0. The predicted octanol–water partition coefficient (Wildman–Crippen LogP) is 3.60. The Balaban J connectivity index is 2.05. The molecule has 0 N–H and O–H groups in total. The summed E-state index contributed by atoms with van der Waals surface area (Å²) in [6, 6.07) is 18.8. The van der Waals surface area contributed by atoms with Gasteiger partial charge in [0.05, 0.1) is 0 Å². The number of carbonyl (C=O) groups excluding carboxylic acids is 3. The molecule has 0 aromatic heterocycles. The van der Waals surface area contributed by atoms with Gasteiger partial charge in [-0.25, -0.2) is 14.4 Å². The number of carbonyl (C=O) groups is 3. The Hall–Kier alpha value is -4.48. The number of ether oxygens (including phenoxy) is 3. The smallest absolute Gasteiger partial charge is 0.335 e. The lowest BCUT2D eigenvalue weighted by atomic mass is 10.3. The molecule has 0 unspecified atom stereocenters. The highest BCUT2D eigenvalue weighted by molar-refractivity contribution is 7.85. The minimum atomic E-state index is -3.44. The summed E-state index contributed by atoms with van der Waals surface area (Å²) < 4.78 is 29.9. The van der Waals surface area contributed by atoms with Gasteiger partial charge in [-0.3, -0.25) is 0 Å². The third kappa shape index (κ3) is 5.91. The van der Waals surface area contributed by atoms with Crippen LogP contribution in [0.2, 0.25) is 0 Å². The zero-order valence-electron chi connectivity index (χ0n) is 18.6. The quantitative estimate of drug-likeness (QED) is 0.197. The maximum absolute atomic E-state index is 14.6. The first-order valence-electron chi connectivity index (χ1n) is 10.2. The first kappa shape index (κ1) is 25.1. The van der Waals surface area contributed by atoms with E-state index in [1.54, 1.807) is 36.4 Å². The van der Waals surface area contributed by atoms with Gasteiger partial charge in [-0.05, 0) is 72.8 Å². The maximum Gasteiger partial charge on any atom is 0.335 e. The molecule has 0 atom stereocenters. The van der Waals surface area contributed by atoms with E-state index >= 15 is 0 Å². The second kappa shape index (κ2) is 11.1. The highest BCUT2D eigenvalue weighted by Crippen LogP contribution is 2.43. The van der Waals surface area contributed by atoms with Crippen molar-refractivity contribution in [2.24, 2.45) is 0 Å². The Morgan fingerprint density at radius 1 is 0.514 bits per heavy atom. The molecular weight excluding hydrogens is 467 g/mol. The number of rotatable bonds is 9. The topological polar surface area (TPSA) is 96.0 Å². The minimum absolute atomic E-state index is 0.267. The van der Waals surface area contributed by atoms with Gasteiger partial charge in [-0.15, -0.1) is 0 Å². The van der Waals surface area contributed by atoms with E-state index in [-0.39, 0.29) is 17.2 Å². The molecular formula is C27H21O7P. The second-order valence-corrected chi connectivity index (χ2v) is 9.73. The van der Waals surface area contributed by atoms with Crippen molar-refractivity contribution in [3.05, 3.63) is 111 Å². The van der Waals surface area contributed by atoms with E-state index in [1.165, 1.54) is 36.4 Å². The van der Waals surface area contributed by atoms with Crippen LogP contribution in [0.25, 0.3) is 0 Å². The maximum atomic E-state index is 14.6. The van der Waals surface area contributed by atoms with Crippen molar-refractivity contribution < 1.29 is 33.2 Å². The van der Waals surface area contributed by atoms with Gasteiger partial charge in [0.15, 0.2) is 7.14 Å². The molecule has 0 bridgehead atoms. The Bertz CT molecular complexity index is 1160. The van der Waals surface area contributed by atoms with Gasteiger partial charge in [0.25, 0.3) is 0 Å². The van der Waals surface area contributed by atoms with Crippen molar-refractivity contribution in [3.63, 3.8) is 0 Å². The molecule has 8 heteroatoms. The molecule has 0 aliphatic heterocycles. The molecule has 0 aliphatic rings. The molecule has 0 spiro atoms. The molecule has 7 nitrogen and oxygen atoms in total. The average molecular weight is 488 g/mol. The van der Waals surface area contributed by atoms with E-state index in [1.807, 2.05) is 0 Å². The van der Waals surface area contributed by atoms with Crippen LogP contribution in [0.3, 0.4) is 0 Å². The van der Waals surface area contributed by atoms with Crippen LogP contribution in [-0.2, 0) is 18.9 Å². The first-order valence-corrected chi connectivity index (χ1v) is 12.0. The van der Waals surface area contributed by atoms with Gasteiger partial charge < -0.3 is 18.8 Å². The molecule has 0 heterocycles. The lowest BCUT2D eigenvalue weighted by molar-refractivity contribution is -0.129. The normalized spacial score (nSPS) is 10.5. The molecule has 0 radical (unpaired) electrons. The van der Waals surface area contributed by atoms with E-state index < -0.39 is 25.0 Å². The molecule has 0 fully saturated rings. The lowest BCUT2D eigenvalue weighted by Crippen LogP contribution is -2.25. The van der Waals surface area contributed by atoms with Crippen molar-refractivity contribution in [1.29, 1.82) is 0 Å². The largest absolute Gasteiger partial charge is 0.423 e. The van der Waals surface area contributed by atoms with Crippen LogP contribution in [0.1, 0.15) is 0 Å². The molecule has 0 amide bonds. The van der Waals surface area contributed by atoms with Gasteiger partial charge in [0.2, 0.25) is 0 Å². The van der Waals surface area contributed by atoms with Crippen LogP contribution in [0.5, 0.6) is 17.2 Å². The van der Waals surface area contributed by atoms with Crippen molar-refractivity contribution >= 4 is 41.0 Å². The second-order valence-electron chi connectivity index (χ2n) is 6.97. The molecule has 0 aliphatic carbocycles. The van der Waals surface area contributed by atoms with Gasteiger partial charge in [0, 0.05) is 34.1 Å². The third-order valence-corrected chi connectivity index (χ3v) is 7.83. The minimum Gasteiger partial charge on any atom is -0.423 e. The molecule has 35 heavy (non-hydrogen) atoms. The summed E-state index contributed by atoms with van der Waals surface area (Å²) in [6.45, 7) is 10.1. The highest BCUT2D eigenvalue weighted by atomic mass is 31.2. The summed E-state index contributed by atoms with van der Waals surface area (Å²) in [7, 11) is -3.44. The van der Waals surface area contributed by atoms with Crippen LogP contribution in [-0.4, -0.2) is 17.9 Å². The van der Waals surface area contributed by atoms with Crippen molar-refractivity contribution in [3.8, 4) is 17.2 Å². The number of esters is 3. The number of hydrogen-bond acceptors (Lipinski definition) is 7. The predicted molar refractivity (Wildman–Crippen MR) is 133 cm³/mol. The Labute approximate surface area is 202 Å². The summed E-state index contributed by atoms with van der Waals surface area (Å²) in [4.78, 5) is 34.5. The van der Waals surface area contributed by atoms with Crippen LogP contribution in [0, 0.1) is 0 Å². The third-order valence-electron chi connectivity index (χ3n) is 4.76. The molecule has 3 aromatic carbocycles. The fourth-order valence-electron chi connectivity index (χ4n) is 3.09. The van der Waals surface area contributed by atoms with Crippen LogP contribution < -0.4 is 30.1 Å². The average Bonchev–Trinajstić information content (AvgIpc) is 2.89. The number of hydrogen-bond donors (Lipinski definition) is 0. The summed E-state index contributed by atoms with van der Waals surface area (Å²) in [5.41, 5.74) is 0. The van der Waals surface area contributed by atoms with Gasteiger partial charge in [0.1, 0.15) is 17.2 Å². The number of benzene rings is 3. The zero-order valence-corrected chi connectivity index (χ0v) is 19.5. The fourth-order valence-corrected chi connectivity index (χ4v) is 5.69. The molecule has 0 saturated heterocycles. The van der Waals surface area contributed by atoms with E-state index in [4.69, 9.17) is 14.2 Å². The van der Waals surface area contributed by atoms with Crippen LogP contribution in [0.15, 0.2) is 111 Å². The molecule has 3 rings (SSSR count). The first-order chi connectivity index (χ1) is 16.8. The van der Waals surface area contributed by atoms with Crippen LogP contribution in [0.4, 0.5) is 0 Å². The monoisotopic (exact) mass is 488 g/mol. The van der Waals surface area contributed by atoms with Gasteiger partial charge in [-0.1, -0.05) is 19.7 Å². The van der Waals surface area contributed by atoms with Gasteiger partial charge in [-0.2, -0.15) is 0 Å². The van der Waals surface area contributed by atoms with Crippen LogP contribution >= 0.6 is 7.14 Å². The van der Waals surface area contributed by atoms with Crippen molar-refractivity contribution in [1.82, 2.24) is 0 Å². The highest BCUT2D eigenvalue weighted by Gasteiger charge is 2.30. The lowest BCUT2D eigenvalue weighted by Gasteiger charge is -2.21. The Morgan fingerprint density at radius 2 is 0.743 bits per heavy atom. The molecule has 176 valence electrons. The van der Waals surface area contributed by atoms with E-state index in [0.717, 1.165) is 18.2 Å². The Morgan fingerprint density at radius 3 is 0.943 bits per heavy atom. The summed E-state index contributed by atoms with van der Waals surface area (Å²) >= 11 is 0. The molecule has 3 aromatic rings. The SMILES string of the molecule is C=CC(=O)Oc1ccc(P(=O)(c2ccc(OC(=O)C=C)cc2)c2ccc(OC(=O)C=C)cc2)cc1. The molecule has 0 saturated carbocycles. The van der Waals surface area contributed by atoms with E-state index in [2.05, 4.69) is 19.7 Å². The van der Waals surface area contributed by atoms with Crippen molar-refractivity contribution in [2.75, 3.05) is 0 Å². The van der Waals surface area contributed by atoms with Crippen molar-refractivity contribution in [2.45, 2.75) is 0 Å².